The number of amides is 2. The third-order valence-corrected chi connectivity index (χ3v) is 3.01. The van der Waals surface area contributed by atoms with Crippen molar-refractivity contribution in [1.29, 1.82) is 0 Å². The van der Waals surface area contributed by atoms with Gasteiger partial charge < -0.3 is 15.5 Å². The number of nitrogens with zero attached hydrogens (tertiary/aromatic N) is 1. The van der Waals surface area contributed by atoms with Gasteiger partial charge in [-0.15, -0.1) is 0 Å². The molecular weight excluding hydrogens is 313 g/mol. The number of hydrogen-bond donors (Lipinski definition) is 2. The van der Waals surface area contributed by atoms with E-state index in [-0.39, 0.29) is 11.6 Å². The lowest BCUT2D eigenvalue weighted by Crippen LogP contribution is -2.13. The summed E-state index contributed by atoms with van der Waals surface area (Å²) in [6, 6.07) is 10.6. The molecule has 0 atom stereocenters. The molecule has 0 fully saturated rings. The summed E-state index contributed by atoms with van der Waals surface area (Å²) in [6.45, 7) is 1.28. The van der Waals surface area contributed by atoms with E-state index in [0.717, 1.165) is 5.56 Å². The minimum atomic E-state index is -0.579. The highest BCUT2D eigenvalue weighted by Crippen LogP contribution is 2.20. The first-order chi connectivity index (χ1) is 11.5. The van der Waals surface area contributed by atoms with Crippen molar-refractivity contribution in [1.82, 2.24) is 0 Å². The van der Waals surface area contributed by atoms with Crippen LogP contribution in [-0.4, -0.2) is 25.1 Å². The fraction of sp³-hybridized carbons (Fsp3) is 0.118. The SMILES string of the molecule is CO/N=C/c1ccc(C(=O)Nc2ccc(F)c(NC(C)=O)c2)cc1. The number of oxime groups is 1. The second-order valence-electron chi connectivity index (χ2n) is 4.87. The average Bonchev–Trinajstić information content (AvgIpc) is 2.56. The Hall–Kier alpha value is -3.22. The summed E-state index contributed by atoms with van der Waals surface area (Å²) in [5, 5.41) is 8.64. The number of benzene rings is 2. The number of anilines is 2. The first-order valence-electron chi connectivity index (χ1n) is 7.04. The molecule has 0 aromatic heterocycles. The zero-order valence-corrected chi connectivity index (χ0v) is 13.2. The van der Waals surface area contributed by atoms with Crippen LogP contribution in [0.25, 0.3) is 0 Å². The van der Waals surface area contributed by atoms with Crippen molar-refractivity contribution in [2.75, 3.05) is 17.7 Å². The monoisotopic (exact) mass is 329 g/mol. The first-order valence-corrected chi connectivity index (χ1v) is 7.04. The molecule has 0 aliphatic carbocycles. The summed E-state index contributed by atoms with van der Waals surface area (Å²) < 4.78 is 13.6. The summed E-state index contributed by atoms with van der Waals surface area (Å²) in [5.41, 5.74) is 1.58. The second-order valence-corrected chi connectivity index (χ2v) is 4.87. The molecule has 0 spiro atoms. The van der Waals surface area contributed by atoms with Crippen molar-refractivity contribution >= 4 is 29.4 Å². The molecule has 0 aliphatic rings. The van der Waals surface area contributed by atoms with Crippen LogP contribution in [0.5, 0.6) is 0 Å². The lowest BCUT2D eigenvalue weighted by molar-refractivity contribution is -0.114. The molecule has 2 rings (SSSR count). The van der Waals surface area contributed by atoms with Crippen molar-refractivity contribution in [2.45, 2.75) is 6.92 Å². The van der Waals surface area contributed by atoms with Gasteiger partial charge in [0.25, 0.3) is 5.91 Å². The predicted octanol–water partition coefficient (Wildman–Crippen LogP) is 3.02. The minimum absolute atomic E-state index is 0.00595. The molecule has 0 radical (unpaired) electrons. The molecule has 0 aliphatic heterocycles. The van der Waals surface area contributed by atoms with Crippen molar-refractivity contribution in [3.8, 4) is 0 Å². The van der Waals surface area contributed by atoms with Gasteiger partial charge in [-0.1, -0.05) is 17.3 Å². The van der Waals surface area contributed by atoms with Gasteiger partial charge in [0.15, 0.2) is 0 Å². The van der Waals surface area contributed by atoms with Crippen LogP contribution in [0.1, 0.15) is 22.8 Å². The maximum Gasteiger partial charge on any atom is 0.255 e. The third kappa shape index (κ3) is 4.64. The van der Waals surface area contributed by atoms with Crippen molar-refractivity contribution in [2.24, 2.45) is 5.16 Å². The van der Waals surface area contributed by atoms with E-state index < -0.39 is 11.7 Å². The average molecular weight is 329 g/mol. The molecule has 7 heteroatoms. The van der Waals surface area contributed by atoms with Crippen LogP contribution >= 0.6 is 0 Å². The van der Waals surface area contributed by atoms with E-state index in [4.69, 9.17) is 0 Å². The number of rotatable bonds is 5. The van der Waals surface area contributed by atoms with E-state index in [0.29, 0.717) is 11.3 Å². The Morgan fingerprint density at radius 2 is 1.83 bits per heavy atom. The Kier molecular flexibility index (Phi) is 5.62. The molecule has 124 valence electrons. The third-order valence-electron chi connectivity index (χ3n) is 3.01. The summed E-state index contributed by atoms with van der Waals surface area (Å²) in [6.07, 6.45) is 1.52. The number of nitrogens with one attached hydrogen (secondary N) is 2. The van der Waals surface area contributed by atoms with Gasteiger partial charge in [-0.25, -0.2) is 4.39 Å². The Bertz CT molecular complexity index is 773. The summed E-state index contributed by atoms with van der Waals surface area (Å²) in [4.78, 5) is 27.8. The van der Waals surface area contributed by atoms with Gasteiger partial charge in [-0.05, 0) is 35.9 Å². The Labute approximate surface area is 138 Å². The molecule has 2 aromatic carbocycles. The standard InChI is InChI=1S/C17H16FN3O3/c1-11(22)20-16-9-14(7-8-15(16)18)21-17(23)13-5-3-12(4-6-13)10-19-24-2/h3-10H,1-2H3,(H,20,22)(H,21,23)/b19-10+. The van der Waals surface area contributed by atoms with Crippen LogP contribution in [0.15, 0.2) is 47.6 Å². The highest BCUT2D eigenvalue weighted by Gasteiger charge is 2.09. The van der Waals surface area contributed by atoms with Gasteiger partial charge in [0, 0.05) is 18.2 Å². The summed E-state index contributed by atoms with van der Waals surface area (Å²) >= 11 is 0. The fourth-order valence-corrected chi connectivity index (χ4v) is 1.93. The van der Waals surface area contributed by atoms with Crippen molar-refractivity contribution in [3.63, 3.8) is 0 Å². The smallest absolute Gasteiger partial charge is 0.255 e. The van der Waals surface area contributed by atoms with Gasteiger partial charge in [-0.3, -0.25) is 9.59 Å². The quantitative estimate of drug-likeness (QED) is 0.654. The molecule has 2 aromatic rings. The Morgan fingerprint density at radius 1 is 1.12 bits per heavy atom. The number of halogens is 1. The minimum Gasteiger partial charge on any atom is -0.399 e. The van der Waals surface area contributed by atoms with Gasteiger partial charge in [0.1, 0.15) is 12.9 Å². The maximum atomic E-state index is 13.6. The van der Waals surface area contributed by atoms with E-state index >= 15 is 0 Å². The van der Waals surface area contributed by atoms with E-state index in [1.807, 2.05) is 0 Å². The Morgan fingerprint density at radius 3 is 2.46 bits per heavy atom. The molecule has 0 heterocycles. The van der Waals surface area contributed by atoms with Crippen LogP contribution in [-0.2, 0) is 9.63 Å². The highest BCUT2D eigenvalue weighted by molar-refractivity contribution is 6.05. The molecule has 0 unspecified atom stereocenters. The Balaban J connectivity index is 2.11. The van der Waals surface area contributed by atoms with Gasteiger partial charge in [0.2, 0.25) is 5.91 Å². The first kappa shape index (κ1) is 17.1. The van der Waals surface area contributed by atoms with E-state index in [1.165, 1.54) is 38.4 Å². The molecular formula is C17H16FN3O3. The van der Waals surface area contributed by atoms with Gasteiger partial charge in [0.05, 0.1) is 11.9 Å². The van der Waals surface area contributed by atoms with Crippen molar-refractivity contribution in [3.05, 3.63) is 59.4 Å². The molecule has 2 amide bonds. The van der Waals surface area contributed by atoms with Crippen LogP contribution in [0.2, 0.25) is 0 Å². The summed E-state index contributed by atoms with van der Waals surface area (Å²) in [5.74, 6) is -1.33. The number of carbonyl (C=O) groups excluding carboxylic acids is 2. The van der Waals surface area contributed by atoms with E-state index in [1.54, 1.807) is 24.3 Å². The molecule has 24 heavy (non-hydrogen) atoms. The van der Waals surface area contributed by atoms with Crippen LogP contribution in [0, 0.1) is 5.82 Å². The zero-order chi connectivity index (χ0) is 17.5. The fourth-order valence-electron chi connectivity index (χ4n) is 1.93. The molecule has 0 saturated heterocycles. The summed E-state index contributed by atoms with van der Waals surface area (Å²) in [7, 11) is 1.44. The lowest BCUT2D eigenvalue weighted by atomic mass is 10.1. The van der Waals surface area contributed by atoms with Gasteiger partial charge in [-0.2, -0.15) is 0 Å². The topological polar surface area (TPSA) is 79.8 Å². The number of carbonyl (C=O) groups is 2. The molecule has 2 N–H and O–H groups in total. The van der Waals surface area contributed by atoms with E-state index in [2.05, 4.69) is 20.6 Å². The normalized spacial score (nSPS) is 10.5. The molecule has 6 nitrogen and oxygen atoms in total. The highest BCUT2D eigenvalue weighted by atomic mass is 19.1. The lowest BCUT2D eigenvalue weighted by Gasteiger charge is -2.09. The largest absolute Gasteiger partial charge is 0.399 e. The van der Waals surface area contributed by atoms with Crippen LogP contribution in [0.4, 0.5) is 15.8 Å². The number of hydrogen-bond acceptors (Lipinski definition) is 4. The van der Waals surface area contributed by atoms with E-state index in [9.17, 15) is 14.0 Å². The predicted molar refractivity (Wildman–Crippen MR) is 89.7 cm³/mol. The maximum absolute atomic E-state index is 13.6. The van der Waals surface area contributed by atoms with Crippen LogP contribution in [0.3, 0.4) is 0 Å². The molecule has 0 saturated carbocycles. The van der Waals surface area contributed by atoms with Crippen LogP contribution < -0.4 is 10.6 Å². The molecule has 0 bridgehead atoms. The van der Waals surface area contributed by atoms with Crippen molar-refractivity contribution < 1.29 is 18.8 Å². The zero-order valence-electron chi connectivity index (χ0n) is 13.2. The second kappa shape index (κ2) is 7.87. The van der Waals surface area contributed by atoms with Gasteiger partial charge >= 0.3 is 0 Å².